The number of benzene rings is 1. The summed E-state index contributed by atoms with van der Waals surface area (Å²) in [5.41, 5.74) is 6.46. The number of nitrogens with zero attached hydrogens (tertiary/aromatic N) is 1. The third-order valence-corrected chi connectivity index (χ3v) is 4.79. The van der Waals surface area contributed by atoms with Gasteiger partial charge in [0.05, 0.1) is 0 Å². The SMILES string of the molecule is Cc1cc(F)c(S(=O)(=O)NC(CN(C)C)C(C)C)cc1N. The predicted octanol–water partition coefficient (Wildman–Crippen LogP) is 1.58. The highest BCUT2D eigenvalue weighted by molar-refractivity contribution is 7.89. The standard InChI is InChI=1S/C14H24FN3O2S/c1-9(2)13(8-18(4)5)17-21(19,20)14-7-12(16)10(3)6-11(14)15/h6-7,9,13,17H,8,16H2,1-5H3. The van der Waals surface area contributed by atoms with Crippen molar-refractivity contribution in [2.75, 3.05) is 26.4 Å². The van der Waals surface area contributed by atoms with Gasteiger partial charge in [0, 0.05) is 18.3 Å². The molecule has 0 saturated heterocycles. The third kappa shape index (κ3) is 4.66. The monoisotopic (exact) mass is 317 g/mol. The Balaban J connectivity index is 3.13. The van der Waals surface area contributed by atoms with Crippen LogP contribution >= 0.6 is 0 Å². The van der Waals surface area contributed by atoms with Crippen LogP contribution in [0.5, 0.6) is 0 Å². The zero-order valence-electron chi connectivity index (χ0n) is 13.1. The minimum atomic E-state index is -3.95. The molecule has 1 rings (SSSR count). The Labute approximate surface area is 126 Å². The van der Waals surface area contributed by atoms with Crippen molar-refractivity contribution in [1.29, 1.82) is 0 Å². The van der Waals surface area contributed by atoms with E-state index in [0.29, 0.717) is 12.1 Å². The molecule has 7 heteroatoms. The zero-order chi connectivity index (χ0) is 16.4. The van der Waals surface area contributed by atoms with Gasteiger partial charge in [0.1, 0.15) is 10.7 Å². The summed E-state index contributed by atoms with van der Waals surface area (Å²) < 4.78 is 41.3. The second-order valence-corrected chi connectivity index (χ2v) is 7.56. The molecule has 0 aliphatic carbocycles. The van der Waals surface area contributed by atoms with Crippen LogP contribution in [0.25, 0.3) is 0 Å². The van der Waals surface area contributed by atoms with Gasteiger partial charge >= 0.3 is 0 Å². The van der Waals surface area contributed by atoms with Gasteiger partial charge < -0.3 is 10.6 Å². The fourth-order valence-corrected chi connectivity index (χ4v) is 3.38. The number of rotatable bonds is 6. The van der Waals surface area contributed by atoms with Crippen molar-refractivity contribution in [2.24, 2.45) is 5.92 Å². The average Bonchev–Trinajstić information content (AvgIpc) is 2.31. The van der Waals surface area contributed by atoms with Crippen LogP contribution in [0.1, 0.15) is 19.4 Å². The van der Waals surface area contributed by atoms with E-state index in [1.165, 1.54) is 6.07 Å². The van der Waals surface area contributed by atoms with Crippen molar-refractivity contribution in [3.05, 3.63) is 23.5 Å². The van der Waals surface area contributed by atoms with E-state index in [2.05, 4.69) is 4.72 Å². The number of hydrogen-bond acceptors (Lipinski definition) is 4. The molecule has 0 bridgehead atoms. The number of likely N-dealkylation sites (N-methyl/N-ethyl adjacent to an activating group) is 1. The molecular formula is C14H24FN3O2S. The van der Waals surface area contributed by atoms with Crippen molar-refractivity contribution >= 4 is 15.7 Å². The lowest BCUT2D eigenvalue weighted by Gasteiger charge is -2.25. The van der Waals surface area contributed by atoms with E-state index in [4.69, 9.17) is 5.73 Å². The number of hydrogen-bond donors (Lipinski definition) is 2. The van der Waals surface area contributed by atoms with Gasteiger partial charge in [0.2, 0.25) is 10.0 Å². The molecule has 3 N–H and O–H groups in total. The lowest BCUT2D eigenvalue weighted by Crippen LogP contribution is -2.45. The van der Waals surface area contributed by atoms with Crippen LogP contribution in [0.3, 0.4) is 0 Å². The first-order chi connectivity index (χ1) is 9.54. The van der Waals surface area contributed by atoms with Crippen LogP contribution in [0.15, 0.2) is 17.0 Å². The van der Waals surface area contributed by atoms with E-state index in [0.717, 1.165) is 6.07 Å². The summed E-state index contributed by atoms with van der Waals surface area (Å²) in [5, 5.41) is 0. The Morgan fingerprint density at radius 2 is 1.90 bits per heavy atom. The normalized spacial score (nSPS) is 13.9. The maximum atomic E-state index is 14.0. The van der Waals surface area contributed by atoms with Crippen molar-refractivity contribution in [1.82, 2.24) is 9.62 Å². The van der Waals surface area contributed by atoms with Gasteiger partial charge in [-0.2, -0.15) is 0 Å². The molecule has 0 aliphatic heterocycles. The maximum absolute atomic E-state index is 14.0. The van der Waals surface area contributed by atoms with E-state index >= 15 is 0 Å². The highest BCUT2D eigenvalue weighted by Crippen LogP contribution is 2.22. The van der Waals surface area contributed by atoms with Gasteiger partial charge in [-0.15, -0.1) is 0 Å². The molecule has 0 spiro atoms. The first kappa shape index (κ1) is 17.9. The van der Waals surface area contributed by atoms with Crippen molar-refractivity contribution in [3.8, 4) is 0 Å². The second-order valence-electron chi connectivity index (χ2n) is 5.87. The third-order valence-electron chi connectivity index (χ3n) is 3.28. The molecular weight excluding hydrogens is 293 g/mol. The number of anilines is 1. The summed E-state index contributed by atoms with van der Waals surface area (Å²) in [5.74, 6) is -0.713. The molecule has 0 radical (unpaired) electrons. The number of sulfonamides is 1. The van der Waals surface area contributed by atoms with Gasteiger partial charge in [-0.1, -0.05) is 13.8 Å². The summed E-state index contributed by atoms with van der Waals surface area (Å²) in [7, 11) is -0.241. The average molecular weight is 317 g/mol. The maximum Gasteiger partial charge on any atom is 0.243 e. The molecule has 0 fully saturated rings. The Bertz CT molecular complexity index is 600. The van der Waals surface area contributed by atoms with Gasteiger partial charge in [-0.3, -0.25) is 0 Å². The van der Waals surface area contributed by atoms with Gasteiger partial charge in [0.15, 0.2) is 0 Å². The Morgan fingerprint density at radius 1 is 1.33 bits per heavy atom. The lowest BCUT2D eigenvalue weighted by atomic mass is 10.1. The molecule has 0 amide bonds. The van der Waals surface area contributed by atoms with Crippen LogP contribution in [0, 0.1) is 18.7 Å². The number of aryl methyl sites for hydroxylation is 1. The number of nitrogen functional groups attached to an aromatic ring is 1. The Kier molecular flexibility index (Phi) is 5.72. The fraction of sp³-hybridized carbons (Fsp3) is 0.571. The van der Waals surface area contributed by atoms with Crippen LogP contribution in [-0.2, 0) is 10.0 Å². The van der Waals surface area contributed by atoms with Crippen LogP contribution in [0.2, 0.25) is 0 Å². The number of nitrogens with one attached hydrogen (secondary N) is 1. The van der Waals surface area contributed by atoms with Crippen LogP contribution < -0.4 is 10.5 Å². The highest BCUT2D eigenvalue weighted by Gasteiger charge is 2.26. The predicted molar refractivity (Wildman–Crippen MR) is 83.1 cm³/mol. The zero-order valence-corrected chi connectivity index (χ0v) is 14.0. The van der Waals surface area contributed by atoms with Gasteiger partial charge in [0.25, 0.3) is 0 Å². The van der Waals surface area contributed by atoms with Gasteiger partial charge in [-0.05, 0) is 44.6 Å². The summed E-state index contributed by atoms with van der Waals surface area (Å²) in [6.07, 6.45) is 0. The molecule has 5 nitrogen and oxygen atoms in total. The Morgan fingerprint density at radius 3 is 2.38 bits per heavy atom. The minimum Gasteiger partial charge on any atom is -0.398 e. The summed E-state index contributed by atoms with van der Waals surface area (Å²) in [6, 6.07) is 1.99. The molecule has 120 valence electrons. The summed E-state index contributed by atoms with van der Waals surface area (Å²) in [6.45, 7) is 5.98. The smallest absolute Gasteiger partial charge is 0.243 e. The number of nitrogens with two attached hydrogens (primary N) is 1. The van der Waals surface area contributed by atoms with Crippen LogP contribution in [0.4, 0.5) is 10.1 Å². The highest BCUT2D eigenvalue weighted by atomic mass is 32.2. The van der Waals surface area contributed by atoms with E-state index < -0.39 is 20.7 Å². The lowest BCUT2D eigenvalue weighted by molar-refractivity contribution is 0.314. The molecule has 1 aromatic rings. The molecule has 21 heavy (non-hydrogen) atoms. The molecule has 0 aromatic heterocycles. The molecule has 1 aromatic carbocycles. The minimum absolute atomic E-state index is 0.0769. The topological polar surface area (TPSA) is 75.4 Å². The summed E-state index contributed by atoms with van der Waals surface area (Å²) in [4.78, 5) is 1.47. The van der Waals surface area contributed by atoms with E-state index in [1.54, 1.807) is 6.92 Å². The Hall–Kier alpha value is -1.18. The van der Waals surface area contributed by atoms with Crippen molar-refractivity contribution in [2.45, 2.75) is 31.7 Å². The first-order valence-corrected chi connectivity index (χ1v) is 8.25. The molecule has 0 saturated carbocycles. The molecule has 1 unspecified atom stereocenters. The largest absolute Gasteiger partial charge is 0.398 e. The van der Waals surface area contributed by atoms with E-state index in [9.17, 15) is 12.8 Å². The molecule has 1 atom stereocenters. The first-order valence-electron chi connectivity index (χ1n) is 6.77. The van der Waals surface area contributed by atoms with E-state index in [1.807, 2.05) is 32.8 Å². The van der Waals surface area contributed by atoms with Crippen LogP contribution in [-0.4, -0.2) is 40.0 Å². The molecule has 0 heterocycles. The quantitative estimate of drug-likeness (QED) is 0.781. The van der Waals surface area contributed by atoms with Crippen molar-refractivity contribution < 1.29 is 12.8 Å². The van der Waals surface area contributed by atoms with Gasteiger partial charge in [-0.25, -0.2) is 17.5 Å². The van der Waals surface area contributed by atoms with Crippen molar-refractivity contribution in [3.63, 3.8) is 0 Å². The molecule has 0 aliphatic rings. The van der Waals surface area contributed by atoms with E-state index in [-0.39, 0.29) is 17.6 Å². The second kappa shape index (κ2) is 6.72. The summed E-state index contributed by atoms with van der Waals surface area (Å²) >= 11 is 0. The number of halogens is 1. The fourth-order valence-electron chi connectivity index (χ4n) is 1.91.